The number of halogens is 1. The maximum Gasteiger partial charge on any atom is 0.250 e. The summed E-state index contributed by atoms with van der Waals surface area (Å²) < 4.78 is 0. The van der Waals surface area contributed by atoms with E-state index in [4.69, 9.17) is 23.1 Å². The van der Waals surface area contributed by atoms with Crippen LogP contribution in [0, 0.1) is 0 Å². The predicted octanol–water partition coefficient (Wildman–Crippen LogP) is 3.22. The van der Waals surface area contributed by atoms with Crippen molar-refractivity contribution in [2.45, 2.75) is 13.0 Å². The molecule has 0 heterocycles. The van der Waals surface area contributed by atoms with Crippen LogP contribution in [0.1, 0.15) is 28.9 Å². The van der Waals surface area contributed by atoms with Crippen molar-refractivity contribution in [3.05, 3.63) is 58.6 Å². The molecule has 0 saturated heterocycles. The molecule has 0 fully saturated rings. The second-order valence-electron chi connectivity index (χ2n) is 4.91. The smallest absolute Gasteiger partial charge is 0.250 e. The van der Waals surface area contributed by atoms with Crippen LogP contribution < -0.4 is 16.4 Å². The molecule has 0 aliphatic rings. The van der Waals surface area contributed by atoms with Gasteiger partial charge in [-0.05, 0) is 30.7 Å². The van der Waals surface area contributed by atoms with Crippen LogP contribution in [0.2, 0.25) is 5.02 Å². The summed E-state index contributed by atoms with van der Waals surface area (Å²) in [5, 5.41) is 0.696. The maximum absolute atomic E-state index is 11.4. The normalized spacial score (nSPS) is 12.0. The molecule has 0 saturated carbocycles. The minimum Gasteiger partial charge on any atom is -0.396 e. The van der Waals surface area contributed by atoms with Gasteiger partial charge in [-0.3, -0.25) is 4.79 Å². The first kappa shape index (κ1) is 15.2. The molecule has 1 amide bonds. The predicted molar refractivity (Wildman–Crippen MR) is 87.6 cm³/mol. The third kappa shape index (κ3) is 2.95. The largest absolute Gasteiger partial charge is 0.396 e. The molecule has 21 heavy (non-hydrogen) atoms. The van der Waals surface area contributed by atoms with E-state index in [1.165, 1.54) is 0 Å². The summed E-state index contributed by atoms with van der Waals surface area (Å²) in [5.41, 5.74) is 13.8. The summed E-state index contributed by atoms with van der Waals surface area (Å²) in [6.45, 7) is 2.03. The van der Waals surface area contributed by atoms with Gasteiger partial charge in [-0.2, -0.15) is 0 Å². The molecule has 110 valence electrons. The average Bonchev–Trinajstić information content (AvgIpc) is 2.46. The van der Waals surface area contributed by atoms with Gasteiger partial charge in [0.25, 0.3) is 5.91 Å². The second-order valence-corrected chi connectivity index (χ2v) is 5.32. The van der Waals surface area contributed by atoms with Gasteiger partial charge in [-0.25, -0.2) is 0 Å². The third-order valence-electron chi connectivity index (χ3n) is 3.66. The van der Waals surface area contributed by atoms with Gasteiger partial charge in [-0.15, -0.1) is 0 Å². The van der Waals surface area contributed by atoms with Crippen molar-refractivity contribution >= 4 is 28.9 Å². The van der Waals surface area contributed by atoms with Crippen LogP contribution in [0.4, 0.5) is 11.4 Å². The van der Waals surface area contributed by atoms with Gasteiger partial charge < -0.3 is 16.4 Å². The number of hydrogen-bond donors (Lipinski definition) is 2. The van der Waals surface area contributed by atoms with E-state index < -0.39 is 5.91 Å². The standard InChI is InChI=1S/C16H18ClN3O/c1-10(11-6-3-4-8-13(11)17)20(2)14-9-5-7-12(15(14)18)16(19)21/h3-10H,18H2,1-2H3,(H2,19,21). The number of primary amides is 1. The summed E-state index contributed by atoms with van der Waals surface area (Å²) in [4.78, 5) is 13.4. The molecule has 0 aromatic heterocycles. The number of nitrogen functional groups attached to an aromatic ring is 1. The number of carbonyl (C=O) groups excluding carboxylic acids is 1. The van der Waals surface area contributed by atoms with Crippen LogP contribution in [0.5, 0.6) is 0 Å². The number of amides is 1. The fourth-order valence-electron chi connectivity index (χ4n) is 2.31. The zero-order valence-electron chi connectivity index (χ0n) is 12.0. The van der Waals surface area contributed by atoms with Crippen molar-refractivity contribution in [3.63, 3.8) is 0 Å². The van der Waals surface area contributed by atoms with E-state index in [1.807, 2.05) is 49.2 Å². The monoisotopic (exact) mass is 303 g/mol. The molecule has 0 bridgehead atoms. The number of rotatable bonds is 4. The Morgan fingerprint density at radius 3 is 2.48 bits per heavy atom. The molecule has 2 rings (SSSR count). The number of nitrogens with two attached hydrogens (primary N) is 2. The van der Waals surface area contributed by atoms with Crippen molar-refractivity contribution < 1.29 is 4.79 Å². The summed E-state index contributed by atoms with van der Waals surface area (Å²) in [6.07, 6.45) is 0. The summed E-state index contributed by atoms with van der Waals surface area (Å²) in [6, 6.07) is 12.9. The maximum atomic E-state index is 11.4. The Kier molecular flexibility index (Phi) is 4.38. The van der Waals surface area contributed by atoms with Crippen molar-refractivity contribution in [1.29, 1.82) is 0 Å². The lowest BCUT2D eigenvalue weighted by molar-refractivity contribution is 0.100. The van der Waals surface area contributed by atoms with Crippen LogP contribution in [0.25, 0.3) is 0 Å². The minimum atomic E-state index is -0.534. The zero-order chi connectivity index (χ0) is 15.6. The zero-order valence-corrected chi connectivity index (χ0v) is 12.8. The molecule has 1 unspecified atom stereocenters. The summed E-state index contributed by atoms with van der Waals surface area (Å²) in [7, 11) is 1.91. The first-order valence-corrected chi connectivity index (χ1v) is 6.96. The highest BCUT2D eigenvalue weighted by molar-refractivity contribution is 6.31. The lowest BCUT2D eigenvalue weighted by Gasteiger charge is -2.29. The lowest BCUT2D eigenvalue weighted by atomic mass is 10.0. The first-order chi connectivity index (χ1) is 9.93. The van der Waals surface area contributed by atoms with Crippen molar-refractivity contribution in [2.75, 3.05) is 17.7 Å². The fourth-order valence-corrected chi connectivity index (χ4v) is 2.60. The van der Waals surface area contributed by atoms with E-state index in [0.717, 1.165) is 11.3 Å². The number of carbonyl (C=O) groups is 1. The van der Waals surface area contributed by atoms with Crippen molar-refractivity contribution in [2.24, 2.45) is 5.73 Å². The minimum absolute atomic E-state index is 0.00382. The molecule has 4 nitrogen and oxygen atoms in total. The Hall–Kier alpha value is -2.20. The van der Waals surface area contributed by atoms with Gasteiger partial charge in [0.15, 0.2) is 0 Å². The topological polar surface area (TPSA) is 72.3 Å². The Morgan fingerprint density at radius 1 is 1.19 bits per heavy atom. The second kappa shape index (κ2) is 6.06. The average molecular weight is 304 g/mol. The molecule has 0 spiro atoms. The van der Waals surface area contributed by atoms with Crippen molar-refractivity contribution in [1.82, 2.24) is 0 Å². The molecule has 0 aliphatic carbocycles. The summed E-state index contributed by atoms with van der Waals surface area (Å²) >= 11 is 6.24. The van der Waals surface area contributed by atoms with E-state index in [0.29, 0.717) is 16.3 Å². The number of anilines is 2. The van der Waals surface area contributed by atoms with E-state index in [9.17, 15) is 4.79 Å². The Bertz CT molecular complexity index is 672. The highest BCUT2D eigenvalue weighted by Gasteiger charge is 2.19. The van der Waals surface area contributed by atoms with E-state index in [2.05, 4.69) is 0 Å². The van der Waals surface area contributed by atoms with Gasteiger partial charge >= 0.3 is 0 Å². The van der Waals surface area contributed by atoms with E-state index in [1.54, 1.807) is 12.1 Å². The van der Waals surface area contributed by atoms with Gasteiger partial charge in [0, 0.05) is 12.1 Å². The van der Waals surface area contributed by atoms with Crippen LogP contribution in [0.15, 0.2) is 42.5 Å². The molecular weight excluding hydrogens is 286 g/mol. The fraction of sp³-hybridized carbons (Fsp3) is 0.188. The van der Waals surface area contributed by atoms with Gasteiger partial charge in [0.1, 0.15) is 0 Å². The lowest BCUT2D eigenvalue weighted by Crippen LogP contribution is -2.24. The molecule has 0 aliphatic heterocycles. The van der Waals surface area contributed by atoms with Crippen LogP contribution in [-0.4, -0.2) is 13.0 Å². The quantitative estimate of drug-likeness (QED) is 0.852. The van der Waals surface area contributed by atoms with E-state index in [-0.39, 0.29) is 6.04 Å². The third-order valence-corrected chi connectivity index (χ3v) is 4.01. The number of hydrogen-bond acceptors (Lipinski definition) is 3. The van der Waals surface area contributed by atoms with Gasteiger partial charge in [0.05, 0.1) is 23.0 Å². The van der Waals surface area contributed by atoms with E-state index >= 15 is 0 Å². The van der Waals surface area contributed by atoms with Crippen LogP contribution in [-0.2, 0) is 0 Å². The highest BCUT2D eigenvalue weighted by Crippen LogP contribution is 2.34. The molecule has 2 aromatic carbocycles. The number of para-hydroxylation sites is 1. The Balaban J connectivity index is 2.41. The number of benzene rings is 2. The van der Waals surface area contributed by atoms with Gasteiger partial charge in [-0.1, -0.05) is 35.9 Å². The molecule has 5 heteroatoms. The van der Waals surface area contributed by atoms with Gasteiger partial charge in [0.2, 0.25) is 0 Å². The highest BCUT2D eigenvalue weighted by atomic mass is 35.5. The van der Waals surface area contributed by atoms with Crippen LogP contribution >= 0.6 is 11.6 Å². The molecule has 1 atom stereocenters. The van der Waals surface area contributed by atoms with Crippen LogP contribution in [0.3, 0.4) is 0 Å². The SMILES string of the molecule is CC(c1ccccc1Cl)N(C)c1cccc(C(N)=O)c1N. The number of nitrogens with zero attached hydrogens (tertiary/aromatic N) is 1. The summed E-state index contributed by atoms with van der Waals surface area (Å²) in [5.74, 6) is -0.534. The molecular formula is C16H18ClN3O. The molecule has 0 radical (unpaired) electrons. The molecule has 4 N–H and O–H groups in total. The molecule has 2 aromatic rings. The first-order valence-electron chi connectivity index (χ1n) is 6.59. The Morgan fingerprint density at radius 2 is 1.86 bits per heavy atom. The van der Waals surface area contributed by atoms with Crippen molar-refractivity contribution in [3.8, 4) is 0 Å². The Labute approximate surface area is 129 Å².